The van der Waals surface area contributed by atoms with Gasteiger partial charge in [0.2, 0.25) is 5.78 Å². The van der Waals surface area contributed by atoms with Gasteiger partial charge in [0.25, 0.3) is 0 Å². The topological polar surface area (TPSA) is 50.1 Å². The highest BCUT2D eigenvalue weighted by molar-refractivity contribution is 7.08. The molecule has 0 saturated carbocycles. The highest BCUT2D eigenvalue weighted by Crippen LogP contribution is 2.18. The average molecular weight is 305 g/mol. The minimum atomic E-state index is -2.89. The number of thiophene rings is 1. The third-order valence-electron chi connectivity index (χ3n) is 2.56. The highest BCUT2D eigenvalue weighted by Gasteiger charge is 2.12. The molecule has 1 aromatic carbocycles. The minimum Gasteiger partial charge on any atom is -0.435 e. The van der Waals surface area contributed by atoms with Gasteiger partial charge in [-0.15, -0.1) is 0 Å². The largest absolute Gasteiger partial charge is 0.435 e. The van der Waals surface area contributed by atoms with Crippen molar-refractivity contribution in [3.8, 4) is 11.8 Å². The van der Waals surface area contributed by atoms with Crippen LogP contribution in [0.4, 0.5) is 8.78 Å². The Morgan fingerprint density at radius 2 is 2.00 bits per heavy atom. The molecule has 0 spiro atoms. The summed E-state index contributed by atoms with van der Waals surface area (Å²) in [6, 6.07) is 9.18. The zero-order valence-corrected chi connectivity index (χ0v) is 11.4. The first-order chi connectivity index (χ1) is 10.1. The lowest BCUT2D eigenvalue weighted by Crippen LogP contribution is -2.01. The van der Waals surface area contributed by atoms with Gasteiger partial charge in [-0.1, -0.05) is 12.1 Å². The number of alkyl halides is 2. The number of hydrogen-bond acceptors (Lipinski definition) is 4. The number of nitriles is 1. The second-order valence-electron chi connectivity index (χ2n) is 3.96. The minimum absolute atomic E-state index is 0.0177. The summed E-state index contributed by atoms with van der Waals surface area (Å²) in [7, 11) is 0. The van der Waals surface area contributed by atoms with Gasteiger partial charge in [0.05, 0.1) is 0 Å². The van der Waals surface area contributed by atoms with Crippen molar-refractivity contribution in [2.45, 2.75) is 6.61 Å². The van der Waals surface area contributed by atoms with Gasteiger partial charge >= 0.3 is 6.61 Å². The van der Waals surface area contributed by atoms with E-state index in [0.717, 1.165) is 0 Å². The first-order valence-corrected chi connectivity index (χ1v) is 6.78. The monoisotopic (exact) mass is 305 g/mol. The van der Waals surface area contributed by atoms with Crippen LogP contribution < -0.4 is 4.74 Å². The Morgan fingerprint density at radius 3 is 2.52 bits per heavy atom. The Labute approximate surface area is 123 Å². The molecule has 0 atom stereocenters. The molecule has 0 bridgehead atoms. The number of Topliss-reactive ketones (excluding diaryl/α,β-unsaturated/α-hetero) is 1. The molecule has 3 nitrogen and oxygen atoms in total. The van der Waals surface area contributed by atoms with E-state index in [4.69, 9.17) is 5.26 Å². The van der Waals surface area contributed by atoms with Crippen LogP contribution in [-0.2, 0) is 0 Å². The number of ether oxygens (including phenoxy) is 1. The van der Waals surface area contributed by atoms with Crippen molar-refractivity contribution in [2.24, 2.45) is 0 Å². The van der Waals surface area contributed by atoms with E-state index in [0.29, 0.717) is 11.1 Å². The standard InChI is InChI=1S/C15H9F2NO2S/c16-15(17)20-13-3-1-10(2-4-13)7-12(8-18)14(19)11-5-6-21-9-11/h1-7,9,15H/b12-7-. The van der Waals surface area contributed by atoms with Gasteiger partial charge in [0, 0.05) is 10.9 Å². The summed E-state index contributed by atoms with van der Waals surface area (Å²) in [5.41, 5.74) is 0.984. The molecule has 0 amide bonds. The van der Waals surface area contributed by atoms with E-state index < -0.39 is 6.61 Å². The van der Waals surface area contributed by atoms with Crippen molar-refractivity contribution in [2.75, 3.05) is 0 Å². The molecule has 0 unspecified atom stereocenters. The van der Waals surface area contributed by atoms with Crippen molar-refractivity contribution < 1.29 is 18.3 Å². The molecule has 0 radical (unpaired) electrons. The lowest BCUT2D eigenvalue weighted by molar-refractivity contribution is -0.0498. The molecule has 6 heteroatoms. The second-order valence-corrected chi connectivity index (χ2v) is 4.74. The smallest absolute Gasteiger partial charge is 0.387 e. The van der Waals surface area contributed by atoms with Crippen LogP contribution >= 0.6 is 11.3 Å². The lowest BCUT2D eigenvalue weighted by Gasteiger charge is -2.04. The lowest BCUT2D eigenvalue weighted by atomic mass is 10.0. The van der Waals surface area contributed by atoms with E-state index in [-0.39, 0.29) is 17.1 Å². The number of allylic oxidation sites excluding steroid dienone is 1. The van der Waals surface area contributed by atoms with Crippen LogP contribution in [0.3, 0.4) is 0 Å². The van der Waals surface area contributed by atoms with E-state index in [1.807, 2.05) is 6.07 Å². The number of carbonyl (C=O) groups excluding carboxylic acids is 1. The summed E-state index contributed by atoms with van der Waals surface area (Å²) in [6.45, 7) is -2.89. The van der Waals surface area contributed by atoms with Crippen LogP contribution in [0, 0.1) is 11.3 Å². The van der Waals surface area contributed by atoms with Gasteiger partial charge in [-0.2, -0.15) is 25.4 Å². The number of ketones is 1. The maximum absolute atomic E-state index is 12.0. The van der Waals surface area contributed by atoms with Gasteiger partial charge in [0.1, 0.15) is 17.4 Å². The number of halogens is 2. The fourth-order valence-corrected chi connectivity index (χ4v) is 2.25. The Balaban J connectivity index is 2.20. The summed E-state index contributed by atoms with van der Waals surface area (Å²) in [5, 5.41) is 12.5. The Hall–Kier alpha value is -2.52. The quantitative estimate of drug-likeness (QED) is 0.474. The first-order valence-electron chi connectivity index (χ1n) is 5.83. The van der Waals surface area contributed by atoms with Gasteiger partial charge in [-0.05, 0) is 35.2 Å². The number of carbonyl (C=O) groups is 1. The molecule has 0 saturated heterocycles. The zero-order valence-electron chi connectivity index (χ0n) is 10.6. The number of hydrogen-bond donors (Lipinski definition) is 0. The maximum Gasteiger partial charge on any atom is 0.387 e. The molecule has 2 aromatic rings. The summed E-state index contributed by atoms with van der Waals surface area (Å²) >= 11 is 1.36. The molecule has 21 heavy (non-hydrogen) atoms. The van der Waals surface area contributed by atoms with E-state index in [2.05, 4.69) is 4.74 Å². The molecule has 2 rings (SSSR count). The Kier molecular flexibility index (Phi) is 4.80. The fourth-order valence-electron chi connectivity index (χ4n) is 1.61. The Bertz CT molecular complexity index is 685. The third kappa shape index (κ3) is 3.97. The van der Waals surface area contributed by atoms with Gasteiger partial charge < -0.3 is 4.74 Å². The predicted molar refractivity (Wildman–Crippen MR) is 75.3 cm³/mol. The van der Waals surface area contributed by atoms with Crippen molar-refractivity contribution in [1.29, 1.82) is 5.26 Å². The number of nitrogens with zero attached hydrogens (tertiary/aromatic N) is 1. The zero-order chi connectivity index (χ0) is 15.2. The average Bonchev–Trinajstić information content (AvgIpc) is 2.99. The second kappa shape index (κ2) is 6.77. The van der Waals surface area contributed by atoms with E-state index in [1.54, 1.807) is 16.8 Å². The number of benzene rings is 1. The van der Waals surface area contributed by atoms with Crippen LogP contribution in [0.1, 0.15) is 15.9 Å². The molecule has 0 aliphatic rings. The van der Waals surface area contributed by atoms with Crippen LogP contribution in [0.25, 0.3) is 6.08 Å². The van der Waals surface area contributed by atoms with Crippen molar-refractivity contribution in [1.82, 2.24) is 0 Å². The molecule has 106 valence electrons. The van der Waals surface area contributed by atoms with Crippen molar-refractivity contribution in [3.63, 3.8) is 0 Å². The van der Waals surface area contributed by atoms with Gasteiger partial charge in [-0.3, -0.25) is 4.79 Å². The van der Waals surface area contributed by atoms with Crippen LogP contribution in [0.2, 0.25) is 0 Å². The molecular weight excluding hydrogens is 296 g/mol. The summed E-state index contributed by atoms with van der Waals surface area (Å²) in [4.78, 5) is 12.0. The molecule has 1 aromatic heterocycles. The summed E-state index contributed by atoms with van der Waals surface area (Å²) in [5.74, 6) is -0.350. The van der Waals surface area contributed by atoms with E-state index >= 15 is 0 Å². The molecule has 0 N–H and O–H groups in total. The predicted octanol–water partition coefficient (Wildman–Crippen LogP) is 4.14. The highest BCUT2D eigenvalue weighted by atomic mass is 32.1. The summed E-state index contributed by atoms with van der Waals surface area (Å²) < 4.78 is 28.3. The first kappa shape index (κ1) is 14.9. The third-order valence-corrected chi connectivity index (χ3v) is 3.25. The molecule has 0 fully saturated rings. The maximum atomic E-state index is 12.0. The fraction of sp³-hybridized carbons (Fsp3) is 0.0667. The van der Waals surface area contributed by atoms with Crippen LogP contribution in [-0.4, -0.2) is 12.4 Å². The van der Waals surface area contributed by atoms with Crippen LogP contribution in [0.5, 0.6) is 5.75 Å². The van der Waals surface area contributed by atoms with E-state index in [1.165, 1.54) is 41.7 Å². The van der Waals surface area contributed by atoms with Crippen molar-refractivity contribution >= 4 is 23.2 Å². The molecule has 1 heterocycles. The van der Waals surface area contributed by atoms with Crippen molar-refractivity contribution in [3.05, 3.63) is 57.8 Å². The van der Waals surface area contributed by atoms with Crippen LogP contribution in [0.15, 0.2) is 46.7 Å². The molecule has 0 aliphatic carbocycles. The SMILES string of the molecule is N#C/C(=C/c1ccc(OC(F)F)cc1)C(=O)c1ccsc1. The molecule has 0 aliphatic heterocycles. The Morgan fingerprint density at radius 1 is 1.29 bits per heavy atom. The van der Waals surface area contributed by atoms with Gasteiger partial charge in [-0.25, -0.2) is 0 Å². The van der Waals surface area contributed by atoms with Gasteiger partial charge in [0.15, 0.2) is 0 Å². The normalized spacial score (nSPS) is 11.2. The van der Waals surface area contributed by atoms with E-state index in [9.17, 15) is 13.6 Å². The summed E-state index contributed by atoms with van der Waals surface area (Å²) in [6.07, 6.45) is 1.41. The molecular formula is C15H9F2NO2S. The number of rotatable bonds is 5.